The summed E-state index contributed by atoms with van der Waals surface area (Å²) in [6.45, 7) is 5.26. The molecule has 9 heteroatoms. The number of nitrogens with one attached hydrogen (secondary N) is 1. The van der Waals surface area contributed by atoms with Gasteiger partial charge in [-0.15, -0.1) is 0 Å². The average Bonchev–Trinajstić information content (AvgIpc) is 3.14. The van der Waals surface area contributed by atoms with Crippen molar-refractivity contribution in [1.82, 2.24) is 10.2 Å². The summed E-state index contributed by atoms with van der Waals surface area (Å²) in [6, 6.07) is 4.93. The molecule has 2 amide bonds. The fraction of sp³-hybridized carbons (Fsp3) is 0.583. The maximum Gasteiger partial charge on any atom is 0.414 e. The molecule has 2 aliphatic carbocycles. The van der Waals surface area contributed by atoms with E-state index in [1.165, 1.54) is 4.90 Å². The lowest BCUT2D eigenvalue weighted by atomic mass is 9.61. The number of amides is 2. The van der Waals surface area contributed by atoms with Crippen molar-refractivity contribution in [3.8, 4) is 0 Å². The number of nitrogens with zero attached hydrogens (tertiary/aromatic N) is 2. The Morgan fingerprint density at radius 2 is 1.91 bits per heavy atom. The minimum absolute atomic E-state index is 0.106. The minimum Gasteiger partial charge on any atom is -0.478 e. The Balaban J connectivity index is 1.82. The van der Waals surface area contributed by atoms with Crippen LogP contribution >= 0.6 is 0 Å². The number of benzene rings is 1. The normalized spacial score (nSPS) is 28.8. The SMILES string of the molecule is COC1CCC2(CC1)Cc1ccc(C(=O)O)cc1C21N=C(NC(=O)OC(C)(C)C)N(C)C1=O. The molecule has 1 aromatic carbocycles. The predicted octanol–water partition coefficient (Wildman–Crippen LogP) is 3.06. The molecule has 178 valence electrons. The molecule has 1 fully saturated rings. The van der Waals surface area contributed by atoms with Gasteiger partial charge in [-0.2, -0.15) is 0 Å². The van der Waals surface area contributed by atoms with Crippen molar-refractivity contribution in [2.24, 2.45) is 10.4 Å². The number of methoxy groups -OCH3 is 1. The zero-order valence-corrected chi connectivity index (χ0v) is 19.7. The number of aliphatic imine (C=N–C) groups is 1. The number of carboxylic acids is 1. The molecule has 0 bridgehead atoms. The number of carbonyl (C=O) groups is 3. The summed E-state index contributed by atoms with van der Waals surface area (Å²) in [4.78, 5) is 44.3. The Labute approximate surface area is 193 Å². The molecule has 1 aromatic rings. The summed E-state index contributed by atoms with van der Waals surface area (Å²) in [5, 5.41) is 12.2. The number of guanidine groups is 1. The van der Waals surface area contributed by atoms with Crippen LogP contribution < -0.4 is 5.32 Å². The van der Waals surface area contributed by atoms with Crippen LogP contribution in [0, 0.1) is 5.41 Å². The van der Waals surface area contributed by atoms with Crippen LogP contribution in [0.4, 0.5) is 4.79 Å². The van der Waals surface area contributed by atoms with E-state index < -0.39 is 28.6 Å². The van der Waals surface area contributed by atoms with Crippen LogP contribution in [0.5, 0.6) is 0 Å². The maximum absolute atomic E-state index is 13.9. The number of hydrogen-bond acceptors (Lipinski definition) is 6. The third-order valence-electron chi connectivity index (χ3n) is 7.08. The van der Waals surface area contributed by atoms with E-state index >= 15 is 0 Å². The van der Waals surface area contributed by atoms with Gasteiger partial charge in [0, 0.05) is 19.6 Å². The fourth-order valence-electron chi connectivity index (χ4n) is 5.54. The number of aromatic carboxylic acids is 1. The molecule has 2 spiro atoms. The largest absolute Gasteiger partial charge is 0.478 e. The number of ether oxygens (including phenoxy) is 2. The van der Waals surface area contributed by atoms with E-state index in [1.807, 2.05) is 0 Å². The molecule has 1 heterocycles. The topological polar surface area (TPSA) is 118 Å². The van der Waals surface area contributed by atoms with Crippen LogP contribution in [0.15, 0.2) is 23.2 Å². The second-order valence-corrected chi connectivity index (χ2v) is 10.2. The van der Waals surface area contributed by atoms with Crippen LogP contribution in [-0.2, 0) is 26.2 Å². The summed E-state index contributed by atoms with van der Waals surface area (Å²) < 4.78 is 10.9. The first-order valence-corrected chi connectivity index (χ1v) is 11.2. The van der Waals surface area contributed by atoms with E-state index in [4.69, 9.17) is 14.5 Å². The van der Waals surface area contributed by atoms with Crippen LogP contribution in [0.3, 0.4) is 0 Å². The van der Waals surface area contributed by atoms with E-state index in [1.54, 1.807) is 53.1 Å². The average molecular weight is 458 g/mol. The van der Waals surface area contributed by atoms with Gasteiger partial charge in [-0.3, -0.25) is 15.0 Å². The van der Waals surface area contributed by atoms with Crippen molar-refractivity contribution >= 4 is 23.9 Å². The van der Waals surface area contributed by atoms with Gasteiger partial charge in [0.05, 0.1) is 11.7 Å². The van der Waals surface area contributed by atoms with Gasteiger partial charge in [0.2, 0.25) is 5.96 Å². The lowest BCUT2D eigenvalue weighted by Gasteiger charge is -2.45. The van der Waals surface area contributed by atoms with Crippen molar-refractivity contribution < 1.29 is 29.0 Å². The quantitative estimate of drug-likeness (QED) is 0.705. The van der Waals surface area contributed by atoms with E-state index in [2.05, 4.69) is 5.32 Å². The molecule has 1 unspecified atom stereocenters. The molecule has 1 atom stereocenters. The first-order chi connectivity index (χ1) is 15.4. The lowest BCUT2D eigenvalue weighted by Crippen LogP contribution is -2.51. The smallest absolute Gasteiger partial charge is 0.414 e. The number of hydrogen-bond donors (Lipinski definition) is 2. The van der Waals surface area contributed by atoms with Gasteiger partial charge in [-0.05, 0) is 76.1 Å². The highest BCUT2D eigenvalue weighted by molar-refractivity contribution is 6.12. The number of likely N-dealkylation sites (N-methyl/N-ethyl adjacent to an activating group) is 1. The van der Waals surface area contributed by atoms with E-state index in [0.29, 0.717) is 24.8 Å². The van der Waals surface area contributed by atoms with Gasteiger partial charge in [0.1, 0.15) is 5.60 Å². The van der Waals surface area contributed by atoms with E-state index in [9.17, 15) is 19.5 Å². The molecule has 3 aliphatic rings. The molecule has 1 saturated carbocycles. The van der Waals surface area contributed by atoms with Gasteiger partial charge in [-0.25, -0.2) is 14.6 Å². The Bertz CT molecular complexity index is 1040. The van der Waals surface area contributed by atoms with Crippen molar-refractivity contribution in [2.45, 2.75) is 70.1 Å². The Kier molecular flexibility index (Phi) is 5.51. The van der Waals surface area contributed by atoms with Gasteiger partial charge in [0.15, 0.2) is 5.54 Å². The summed E-state index contributed by atoms with van der Waals surface area (Å²) in [5.41, 5.74) is -0.902. The maximum atomic E-state index is 13.9. The van der Waals surface area contributed by atoms with Crippen LogP contribution in [0.25, 0.3) is 0 Å². The lowest BCUT2D eigenvalue weighted by molar-refractivity contribution is -0.137. The molecule has 4 rings (SSSR count). The minimum atomic E-state index is -1.30. The van der Waals surface area contributed by atoms with E-state index in [0.717, 1.165) is 18.4 Å². The molecule has 9 nitrogen and oxygen atoms in total. The van der Waals surface area contributed by atoms with Gasteiger partial charge >= 0.3 is 12.1 Å². The van der Waals surface area contributed by atoms with Gasteiger partial charge in [-0.1, -0.05) is 6.07 Å². The first-order valence-electron chi connectivity index (χ1n) is 11.2. The molecule has 1 aliphatic heterocycles. The molecule has 2 N–H and O–H groups in total. The molecule has 0 saturated heterocycles. The third kappa shape index (κ3) is 3.68. The highest BCUT2D eigenvalue weighted by Gasteiger charge is 2.66. The van der Waals surface area contributed by atoms with E-state index in [-0.39, 0.29) is 23.5 Å². The highest BCUT2D eigenvalue weighted by atomic mass is 16.6. The summed E-state index contributed by atoms with van der Waals surface area (Å²) in [6.07, 6.45) is 2.98. The van der Waals surface area contributed by atoms with Crippen molar-refractivity contribution in [2.75, 3.05) is 14.2 Å². The number of alkyl carbamates (subject to hydrolysis) is 1. The first kappa shape index (κ1) is 23.2. The predicted molar refractivity (Wildman–Crippen MR) is 120 cm³/mol. The summed E-state index contributed by atoms with van der Waals surface area (Å²) in [5.74, 6) is -1.23. The molecule has 33 heavy (non-hydrogen) atoms. The molecular formula is C24H31N3O6. The highest BCUT2D eigenvalue weighted by Crippen LogP contribution is 2.61. The number of carbonyl (C=O) groups excluding carboxylic acids is 2. The number of fused-ring (bicyclic) bond motifs is 3. The second kappa shape index (κ2) is 7.83. The van der Waals surface area contributed by atoms with Crippen LogP contribution in [0.2, 0.25) is 0 Å². The third-order valence-corrected chi connectivity index (χ3v) is 7.08. The van der Waals surface area contributed by atoms with Crippen LogP contribution in [-0.4, -0.2) is 59.8 Å². The zero-order chi connectivity index (χ0) is 24.2. The zero-order valence-electron chi connectivity index (χ0n) is 19.7. The Hall–Kier alpha value is -2.94. The van der Waals surface area contributed by atoms with Crippen molar-refractivity contribution in [3.05, 3.63) is 34.9 Å². The number of rotatable bonds is 2. The van der Waals surface area contributed by atoms with Crippen molar-refractivity contribution in [3.63, 3.8) is 0 Å². The van der Waals surface area contributed by atoms with Crippen LogP contribution in [0.1, 0.15) is 67.9 Å². The summed E-state index contributed by atoms with van der Waals surface area (Å²) in [7, 11) is 3.26. The molecule has 0 radical (unpaired) electrons. The standard InChI is InChI=1S/C24H31N3O6/c1-22(2,3)33-21(31)25-20-26-24(19(30)27(20)4)17-12-14(18(28)29)6-7-15(17)13-23(24)10-8-16(32-5)9-11-23/h6-7,12,16H,8-11,13H2,1-5H3,(H,28,29)(H,25,26,31). The fourth-order valence-corrected chi connectivity index (χ4v) is 5.54. The van der Waals surface area contributed by atoms with Crippen molar-refractivity contribution in [1.29, 1.82) is 0 Å². The molecule has 0 aromatic heterocycles. The second-order valence-electron chi connectivity index (χ2n) is 10.2. The number of carboxylic acid groups (broad SMARTS) is 1. The summed E-state index contributed by atoms with van der Waals surface area (Å²) >= 11 is 0. The van der Waals surface area contributed by atoms with Gasteiger partial charge in [0.25, 0.3) is 5.91 Å². The Morgan fingerprint density at radius 1 is 1.24 bits per heavy atom. The van der Waals surface area contributed by atoms with Gasteiger partial charge < -0.3 is 14.6 Å². The molecular weight excluding hydrogens is 426 g/mol. The Morgan fingerprint density at radius 3 is 2.48 bits per heavy atom. The monoisotopic (exact) mass is 457 g/mol.